The van der Waals surface area contributed by atoms with Gasteiger partial charge in [-0.15, -0.1) is 0 Å². The van der Waals surface area contributed by atoms with E-state index in [1.54, 1.807) is 18.2 Å². The van der Waals surface area contributed by atoms with Crippen molar-refractivity contribution < 1.29 is 9.90 Å². The van der Waals surface area contributed by atoms with E-state index >= 15 is 0 Å². The van der Waals surface area contributed by atoms with Crippen LogP contribution >= 0.6 is 35.4 Å². The van der Waals surface area contributed by atoms with Crippen LogP contribution < -0.4 is 0 Å². The molecule has 1 aromatic rings. The van der Waals surface area contributed by atoms with Crippen molar-refractivity contribution in [3.63, 3.8) is 0 Å². The van der Waals surface area contributed by atoms with E-state index in [0.717, 1.165) is 5.56 Å². The molecule has 1 rings (SSSR count). The van der Waals surface area contributed by atoms with Gasteiger partial charge in [-0.2, -0.15) is 0 Å². The summed E-state index contributed by atoms with van der Waals surface area (Å²) >= 11 is 16.1. The van der Waals surface area contributed by atoms with Crippen LogP contribution in [-0.4, -0.2) is 15.9 Å². The van der Waals surface area contributed by atoms with Gasteiger partial charge >= 0.3 is 5.97 Å². The Balaban J connectivity index is 2.83. The monoisotopic (exact) mass is 248 g/mol. The fraction of sp³-hybridized carbons (Fsp3) is 0.111. The summed E-state index contributed by atoms with van der Waals surface area (Å²) in [6, 6.07) is 4.92. The zero-order chi connectivity index (χ0) is 10.7. The molecule has 14 heavy (non-hydrogen) atoms. The van der Waals surface area contributed by atoms with Crippen molar-refractivity contribution >= 4 is 46.3 Å². The van der Waals surface area contributed by atoms with Gasteiger partial charge in [-0.1, -0.05) is 41.5 Å². The molecule has 0 aliphatic rings. The van der Waals surface area contributed by atoms with E-state index in [-0.39, 0.29) is 11.3 Å². The van der Waals surface area contributed by atoms with Gasteiger partial charge in [0.25, 0.3) is 0 Å². The third-order valence-electron chi connectivity index (χ3n) is 1.59. The quantitative estimate of drug-likeness (QED) is 0.836. The molecular weight excluding hydrogens is 243 g/mol. The highest BCUT2D eigenvalue weighted by atomic mass is 35.5. The summed E-state index contributed by atoms with van der Waals surface area (Å²) < 4.78 is 0. The van der Waals surface area contributed by atoms with Crippen LogP contribution in [0.1, 0.15) is 5.56 Å². The average Bonchev–Trinajstić information content (AvgIpc) is 2.11. The minimum absolute atomic E-state index is 0.0385. The zero-order valence-electron chi connectivity index (χ0n) is 6.96. The summed E-state index contributed by atoms with van der Waals surface area (Å²) in [6.07, 6.45) is 0.196. The molecule has 2 nitrogen and oxygen atoms in total. The van der Waals surface area contributed by atoms with E-state index in [1.165, 1.54) is 0 Å². The maximum Gasteiger partial charge on any atom is 0.342 e. The highest BCUT2D eigenvalue weighted by molar-refractivity contribution is 7.82. The molecule has 0 atom stereocenters. The first-order chi connectivity index (χ1) is 6.50. The second-order valence-corrected chi connectivity index (χ2v) is 3.96. The van der Waals surface area contributed by atoms with Crippen LogP contribution in [-0.2, 0) is 11.2 Å². The van der Waals surface area contributed by atoms with Gasteiger partial charge in [-0.05, 0) is 17.7 Å². The number of rotatable bonds is 3. The fourth-order valence-electron chi connectivity index (χ4n) is 0.911. The van der Waals surface area contributed by atoms with Crippen LogP contribution in [0.2, 0.25) is 10.0 Å². The van der Waals surface area contributed by atoms with E-state index in [4.69, 9.17) is 28.3 Å². The zero-order valence-corrected chi connectivity index (χ0v) is 9.29. The number of halogens is 2. The lowest BCUT2D eigenvalue weighted by Gasteiger charge is -2.01. The number of hydrogen-bond acceptors (Lipinski definition) is 2. The third-order valence-corrected chi connectivity index (χ3v) is 2.65. The number of carbonyl (C=O) groups is 1. The van der Waals surface area contributed by atoms with Gasteiger partial charge in [0.1, 0.15) is 4.86 Å². The molecule has 0 aliphatic carbocycles. The van der Waals surface area contributed by atoms with Crippen molar-refractivity contribution in [2.24, 2.45) is 0 Å². The van der Waals surface area contributed by atoms with Crippen molar-refractivity contribution in [2.45, 2.75) is 6.42 Å². The van der Waals surface area contributed by atoms with E-state index < -0.39 is 5.97 Å². The van der Waals surface area contributed by atoms with Gasteiger partial charge in [0.2, 0.25) is 0 Å². The van der Waals surface area contributed by atoms with Crippen molar-refractivity contribution in [2.75, 3.05) is 0 Å². The highest BCUT2D eigenvalue weighted by Gasteiger charge is 2.08. The van der Waals surface area contributed by atoms with Gasteiger partial charge in [0, 0.05) is 6.42 Å². The molecule has 0 radical (unpaired) electrons. The van der Waals surface area contributed by atoms with E-state index in [1.807, 2.05) is 0 Å². The lowest BCUT2D eigenvalue weighted by Crippen LogP contribution is -2.12. The van der Waals surface area contributed by atoms with Crippen LogP contribution in [0.15, 0.2) is 18.2 Å². The maximum absolute atomic E-state index is 10.5. The van der Waals surface area contributed by atoms with Gasteiger partial charge in [-0.25, -0.2) is 4.79 Å². The highest BCUT2D eigenvalue weighted by Crippen LogP contribution is 2.22. The van der Waals surface area contributed by atoms with Crippen molar-refractivity contribution in [1.29, 1.82) is 0 Å². The Morgan fingerprint density at radius 3 is 2.50 bits per heavy atom. The summed E-state index contributed by atoms with van der Waals surface area (Å²) in [5, 5.41) is 9.41. The standard InChI is InChI=1S/C9H6Cl2O2S/c10-6-2-1-5(3-7(6)11)4-8(14)9(12)13/h1-3H,4H2,(H,12,13). The molecule has 0 heterocycles. The number of carboxylic acid groups (broad SMARTS) is 1. The summed E-state index contributed by atoms with van der Waals surface area (Å²) in [6.45, 7) is 0. The first-order valence-corrected chi connectivity index (χ1v) is 4.87. The molecule has 0 saturated carbocycles. The Morgan fingerprint density at radius 2 is 2.00 bits per heavy atom. The Kier molecular flexibility index (Phi) is 3.86. The first kappa shape index (κ1) is 11.4. The summed E-state index contributed by atoms with van der Waals surface area (Å²) in [7, 11) is 0. The smallest absolute Gasteiger partial charge is 0.342 e. The molecule has 0 aromatic heterocycles. The predicted molar refractivity (Wildman–Crippen MR) is 60.4 cm³/mol. The minimum atomic E-state index is -1.08. The largest absolute Gasteiger partial charge is 0.477 e. The third kappa shape index (κ3) is 2.94. The molecule has 1 aromatic carbocycles. The Bertz CT molecular complexity index is 390. The molecule has 0 saturated heterocycles. The van der Waals surface area contributed by atoms with Crippen LogP contribution in [0, 0.1) is 0 Å². The SMILES string of the molecule is O=C(O)C(=S)Cc1ccc(Cl)c(Cl)c1. The van der Waals surface area contributed by atoms with Crippen molar-refractivity contribution in [3.8, 4) is 0 Å². The average molecular weight is 249 g/mol. The molecule has 0 fully saturated rings. The summed E-state index contributed by atoms with van der Waals surface area (Å²) in [5.74, 6) is -1.08. The number of carboxylic acids is 1. The van der Waals surface area contributed by atoms with E-state index in [0.29, 0.717) is 10.0 Å². The van der Waals surface area contributed by atoms with Crippen LogP contribution in [0.4, 0.5) is 0 Å². The molecule has 1 N–H and O–H groups in total. The summed E-state index contributed by atoms with van der Waals surface area (Å²) in [4.78, 5) is 10.4. The number of hydrogen-bond donors (Lipinski definition) is 1. The van der Waals surface area contributed by atoms with Gasteiger partial charge < -0.3 is 5.11 Å². The molecule has 0 aliphatic heterocycles. The second kappa shape index (κ2) is 4.73. The number of aliphatic carboxylic acids is 1. The Morgan fingerprint density at radius 1 is 1.36 bits per heavy atom. The first-order valence-electron chi connectivity index (χ1n) is 3.70. The van der Waals surface area contributed by atoms with Crippen molar-refractivity contribution in [1.82, 2.24) is 0 Å². The lowest BCUT2D eigenvalue weighted by molar-refractivity contribution is -0.129. The van der Waals surface area contributed by atoms with Crippen LogP contribution in [0.5, 0.6) is 0 Å². The fourth-order valence-corrected chi connectivity index (χ4v) is 1.40. The maximum atomic E-state index is 10.5. The van der Waals surface area contributed by atoms with Crippen LogP contribution in [0.3, 0.4) is 0 Å². The van der Waals surface area contributed by atoms with Crippen molar-refractivity contribution in [3.05, 3.63) is 33.8 Å². The molecule has 0 unspecified atom stereocenters. The molecular formula is C9H6Cl2O2S. The molecule has 5 heteroatoms. The topological polar surface area (TPSA) is 37.3 Å². The number of benzene rings is 1. The van der Waals surface area contributed by atoms with Crippen LogP contribution in [0.25, 0.3) is 0 Å². The lowest BCUT2D eigenvalue weighted by atomic mass is 10.1. The Labute approximate surface area is 96.4 Å². The molecule has 0 amide bonds. The predicted octanol–water partition coefficient (Wildman–Crippen LogP) is 2.99. The molecule has 0 bridgehead atoms. The minimum Gasteiger partial charge on any atom is -0.477 e. The van der Waals surface area contributed by atoms with E-state index in [2.05, 4.69) is 12.2 Å². The second-order valence-electron chi connectivity index (χ2n) is 2.65. The summed E-state index contributed by atoms with van der Waals surface area (Å²) in [5.41, 5.74) is 0.742. The Hall–Kier alpha value is -0.640. The normalized spacial score (nSPS) is 9.86. The van der Waals surface area contributed by atoms with Gasteiger partial charge in [0.15, 0.2) is 0 Å². The molecule has 74 valence electrons. The molecule has 0 spiro atoms. The number of thiocarbonyl (C=S) groups is 1. The van der Waals surface area contributed by atoms with Gasteiger partial charge in [0.05, 0.1) is 10.0 Å². The van der Waals surface area contributed by atoms with E-state index in [9.17, 15) is 4.79 Å². The van der Waals surface area contributed by atoms with Gasteiger partial charge in [-0.3, -0.25) is 0 Å².